The van der Waals surface area contributed by atoms with Gasteiger partial charge < -0.3 is 19.4 Å². The van der Waals surface area contributed by atoms with Crippen LogP contribution in [-0.4, -0.2) is 57.3 Å². The Bertz CT molecular complexity index is 1540. The number of aryl methyl sites for hydroxylation is 1. The first kappa shape index (κ1) is 27.3. The van der Waals surface area contributed by atoms with Crippen LogP contribution in [0.4, 0.5) is 0 Å². The molecule has 15 nitrogen and oxygen atoms in total. The van der Waals surface area contributed by atoms with E-state index >= 15 is 0 Å². The van der Waals surface area contributed by atoms with Crippen LogP contribution >= 0.6 is 7.75 Å². The number of azide groups is 1. The van der Waals surface area contributed by atoms with E-state index < -0.39 is 56.0 Å². The molecule has 38 heavy (non-hydrogen) atoms. The Kier molecular flexibility index (Phi) is 8.17. The number of hydrogen-bond acceptors (Lipinski definition) is 8. The second kappa shape index (κ2) is 11.4. The minimum atomic E-state index is -4.60. The second-order valence-electron chi connectivity index (χ2n) is 8.70. The summed E-state index contributed by atoms with van der Waals surface area (Å²) in [5, 5.41) is 6.82. The molecule has 4 N–H and O–H groups in total. The molecule has 0 radical (unpaired) electrons. The average Bonchev–Trinajstić information content (AvgIpc) is 3.48. The van der Waals surface area contributed by atoms with Gasteiger partial charge in [0.2, 0.25) is 0 Å². The van der Waals surface area contributed by atoms with Crippen molar-refractivity contribution in [1.82, 2.24) is 19.6 Å². The molecule has 2 aromatic heterocycles. The summed E-state index contributed by atoms with van der Waals surface area (Å²) >= 11 is 0. The number of aromatic nitrogens is 3. The van der Waals surface area contributed by atoms with Crippen molar-refractivity contribution < 1.29 is 28.3 Å². The van der Waals surface area contributed by atoms with Gasteiger partial charge in [-0.1, -0.05) is 23.3 Å². The van der Waals surface area contributed by atoms with Crippen molar-refractivity contribution in [3.8, 4) is 0 Å². The molecule has 1 aliphatic rings. The number of methoxy groups -OCH3 is 1. The molecule has 0 bridgehead atoms. The van der Waals surface area contributed by atoms with Crippen LogP contribution in [0.15, 0.2) is 51.4 Å². The normalized spacial score (nSPS) is 21.5. The van der Waals surface area contributed by atoms with Crippen molar-refractivity contribution in [3.63, 3.8) is 0 Å². The summed E-state index contributed by atoms with van der Waals surface area (Å²) < 4.78 is 29.8. The number of para-hydroxylation sites is 1. The Morgan fingerprint density at radius 2 is 2.18 bits per heavy atom. The van der Waals surface area contributed by atoms with Crippen molar-refractivity contribution in [2.75, 3.05) is 13.7 Å². The van der Waals surface area contributed by atoms with Gasteiger partial charge in [-0.05, 0) is 24.1 Å². The van der Waals surface area contributed by atoms with Crippen LogP contribution < -0.4 is 16.3 Å². The number of rotatable bonds is 10. The number of H-pyrrole nitrogens is 2. The molecular formula is C22H26N7O8P. The Labute approximate surface area is 214 Å². The van der Waals surface area contributed by atoms with E-state index in [-0.39, 0.29) is 18.4 Å². The Morgan fingerprint density at radius 1 is 1.42 bits per heavy atom. The molecule has 16 heteroatoms. The summed E-state index contributed by atoms with van der Waals surface area (Å²) in [6.45, 7) is 1.01. The zero-order valence-corrected chi connectivity index (χ0v) is 21.3. The Balaban J connectivity index is 1.46. The second-order valence-corrected chi connectivity index (χ2v) is 10.3. The molecule has 0 saturated carbocycles. The first-order chi connectivity index (χ1) is 18.1. The summed E-state index contributed by atoms with van der Waals surface area (Å²) in [5.74, 6) is -0.773. The van der Waals surface area contributed by atoms with Gasteiger partial charge in [0.15, 0.2) is 0 Å². The third-order valence-electron chi connectivity index (χ3n) is 6.18. The van der Waals surface area contributed by atoms with Crippen LogP contribution in [0.25, 0.3) is 21.3 Å². The molecule has 3 aromatic rings. The van der Waals surface area contributed by atoms with Crippen LogP contribution in [-0.2, 0) is 29.8 Å². The number of benzene rings is 1. The molecule has 4 rings (SSSR count). The SMILES string of the molecule is COC(=O)[C@H](Cc1c[nH]c2ccccc12)NP(=O)(O)OC[C@H]1O[C@@H](n2cc(C)c(=O)[nH]c2=O)CC1N=[N+]=[N-]. The van der Waals surface area contributed by atoms with E-state index in [1.54, 1.807) is 6.20 Å². The lowest BCUT2D eigenvalue weighted by molar-refractivity contribution is -0.142. The van der Waals surface area contributed by atoms with Crippen molar-refractivity contribution in [1.29, 1.82) is 0 Å². The molecule has 1 saturated heterocycles. The van der Waals surface area contributed by atoms with Gasteiger partial charge in [-0.3, -0.25) is 23.7 Å². The molecule has 5 atom stereocenters. The van der Waals surface area contributed by atoms with E-state index in [2.05, 4.69) is 25.1 Å². The number of nitrogens with one attached hydrogen (secondary N) is 3. The molecule has 1 aromatic carbocycles. The van der Waals surface area contributed by atoms with Gasteiger partial charge in [-0.15, -0.1) is 0 Å². The van der Waals surface area contributed by atoms with Crippen LogP contribution in [0.5, 0.6) is 0 Å². The predicted molar refractivity (Wildman–Crippen MR) is 134 cm³/mol. The maximum atomic E-state index is 12.9. The molecule has 0 amide bonds. The number of hydrogen-bond donors (Lipinski definition) is 4. The maximum Gasteiger partial charge on any atom is 0.403 e. The van der Waals surface area contributed by atoms with E-state index in [0.29, 0.717) is 0 Å². The van der Waals surface area contributed by atoms with Gasteiger partial charge in [0.05, 0.1) is 25.9 Å². The van der Waals surface area contributed by atoms with Crippen LogP contribution in [0.1, 0.15) is 23.8 Å². The number of carbonyl (C=O) groups excluding carboxylic acids is 1. The summed E-state index contributed by atoms with van der Waals surface area (Å²) in [4.78, 5) is 54.8. The molecule has 2 unspecified atom stereocenters. The van der Waals surface area contributed by atoms with Gasteiger partial charge in [-0.25, -0.2) is 14.4 Å². The highest BCUT2D eigenvalue weighted by molar-refractivity contribution is 7.50. The lowest BCUT2D eigenvalue weighted by atomic mass is 10.1. The first-order valence-electron chi connectivity index (χ1n) is 11.5. The lowest BCUT2D eigenvalue weighted by Gasteiger charge is -2.22. The van der Waals surface area contributed by atoms with Crippen LogP contribution in [0.2, 0.25) is 0 Å². The smallest absolute Gasteiger partial charge is 0.403 e. The summed E-state index contributed by atoms with van der Waals surface area (Å²) in [6, 6.07) is 5.33. The highest BCUT2D eigenvalue weighted by Crippen LogP contribution is 2.40. The van der Waals surface area contributed by atoms with Crippen molar-refractivity contribution in [2.45, 2.75) is 44.2 Å². The lowest BCUT2D eigenvalue weighted by Crippen LogP contribution is -2.38. The summed E-state index contributed by atoms with van der Waals surface area (Å²) in [7, 11) is -3.44. The standard InChI is InChI=1S/C22H26N7O8P/c1-12-10-29(22(32)25-20(12)30)19-8-16(26-28-23)18(37-19)11-36-38(33,34)27-17(21(31)35-2)7-13-9-24-15-6-4-3-5-14(13)15/h3-6,9-10,16-19,24H,7-8,11H2,1-2H3,(H,25,30,32)(H2,27,33,34)/t16?,17-,18+,19+/m0/s1. The summed E-state index contributed by atoms with van der Waals surface area (Å²) in [5.41, 5.74) is 9.50. The minimum absolute atomic E-state index is 0.0302. The quantitative estimate of drug-likeness (QED) is 0.0955. The highest BCUT2D eigenvalue weighted by Gasteiger charge is 2.39. The molecular weight excluding hydrogens is 521 g/mol. The van der Waals surface area contributed by atoms with Gasteiger partial charge in [-0.2, -0.15) is 0 Å². The molecule has 0 aliphatic carbocycles. The van der Waals surface area contributed by atoms with Crippen molar-refractivity contribution in [3.05, 3.63) is 79.1 Å². The fourth-order valence-electron chi connectivity index (χ4n) is 4.28. The van der Waals surface area contributed by atoms with Crippen molar-refractivity contribution >= 4 is 24.6 Å². The van der Waals surface area contributed by atoms with E-state index in [1.807, 2.05) is 24.3 Å². The Morgan fingerprint density at radius 3 is 2.92 bits per heavy atom. The molecule has 0 spiro atoms. The number of nitrogens with zero attached hydrogens (tertiary/aromatic N) is 4. The number of carbonyl (C=O) groups is 1. The monoisotopic (exact) mass is 547 g/mol. The van der Waals surface area contributed by atoms with Crippen molar-refractivity contribution in [2.24, 2.45) is 5.11 Å². The largest absolute Gasteiger partial charge is 0.468 e. The highest BCUT2D eigenvalue weighted by atomic mass is 31.2. The third-order valence-corrected chi connectivity index (χ3v) is 7.31. The summed E-state index contributed by atoms with van der Waals surface area (Å²) in [6.07, 6.45) is 1.18. The van der Waals surface area contributed by atoms with Gasteiger partial charge in [0, 0.05) is 46.6 Å². The number of fused-ring (bicyclic) bond motifs is 1. The zero-order valence-electron chi connectivity index (χ0n) is 20.4. The number of aromatic amines is 2. The Hall–Kier alpha value is -3.71. The molecule has 202 valence electrons. The topological polar surface area (TPSA) is 213 Å². The predicted octanol–water partition coefficient (Wildman–Crippen LogP) is 1.78. The number of esters is 1. The average molecular weight is 547 g/mol. The van der Waals surface area contributed by atoms with Crippen LogP contribution in [0.3, 0.4) is 0 Å². The molecule has 1 aliphatic heterocycles. The van der Waals surface area contributed by atoms with Crippen LogP contribution in [0, 0.1) is 6.92 Å². The fourth-order valence-corrected chi connectivity index (χ4v) is 5.29. The molecule has 1 fully saturated rings. The third kappa shape index (κ3) is 6.05. The van der Waals surface area contributed by atoms with Gasteiger partial charge in [0.25, 0.3) is 5.56 Å². The zero-order chi connectivity index (χ0) is 27.4. The van der Waals surface area contributed by atoms with E-state index in [9.17, 15) is 23.8 Å². The minimum Gasteiger partial charge on any atom is -0.468 e. The van der Waals surface area contributed by atoms with E-state index in [4.69, 9.17) is 19.5 Å². The van der Waals surface area contributed by atoms with E-state index in [0.717, 1.165) is 28.1 Å². The number of ether oxygens (including phenoxy) is 2. The molecule has 3 heterocycles. The maximum absolute atomic E-state index is 12.9. The van der Waals surface area contributed by atoms with E-state index in [1.165, 1.54) is 13.1 Å². The first-order valence-corrected chi connectivity index (χ1v) is 13.1. The fraction of sp³-hybridized carbons (Fsp3) is 0.409. The van der Waals surface area contributed by atoms with Gasteiger partial charge in [0.1, 0.15) is 12.3 Å². The van der Waals surface area contributed by atoms with Gasteiger partial charge >= 0.3 is 19.4 Å².